The van der Waals surface area contributed by atoms with Crippen LogP contribution in [-0.2, 0) is 25.6 Å². The summed E-state index contributed by atoms with van der Waals surface area (Å²) in [6.07, 6.45) is 1.81. The van der Waals surface area contributed by atoms with Gasteiger partial charge in [0.1, 0.15) is 6.54 Å². The molecule has 1 amide bonds. The minimum Gasteiger partial charge on any atom is -0.493 e. The average molecular weight is 655 g/mol. The molecule has 0 aromatic heterocycles. The van der Waals surface area contributed by atoms with Crippen LogP contribution in [0.4, 0.5) is 5.69 Å². The summed E-state index contributed by atoms with van der Waals surface area (Å²) in [5.41, 5.74) is 2.30. The number of nitrogens with zero attached hydrogens (tertiary/aromatic N) is 3. The highest BCUT2D eigenvalue weighted by molar-refractivity contribution is 5.95. The van der Waals surface area contributed by atoms with Gasteiger partial charge in [0.2, 0.25) is 18.4 Å². The highest BCUT2D eigenvalue weighted by Crippen LogP contribution is 2.49. The van der Waals surface area contributed by atoms with Crippen molar-refractivity contribution < 1.29 is 42.9 Å². The van der Waals surface area contributed by atoms with Crippen molar-refractivity contribution in [3.63, 3.8) is 0 Å². The lowest BCUT2D eigenvalue weighted by Gasteiger charge is -2.37. The van der Waals surface area contributed by atoms with E-state index in [0.717, 1.165) is 40.7 Å². The van der Waals surface area contributed by atoms with Gasteiger partial charge in [0, 0.05) is 41.7 Å². The SMILES string of the molecule is CCCCN(C(=O)CN1C[C@H](c2cc(OC)c3c(c2)OCO3)[C@@H](C(=O)O)[C@@H]1CC(C)(C)C1OCCO1)c1cccc(C[N+](C)(C)C)c1. The second-order valence-corrected chi connectivity index (χ2v) is 14.7. The Hall–Kier alpha value is -3.38. The average Bonchev–Trinajstić information content (AvgIpc) is 3.77. The summed E-state index contributed by atoms with van der Waals surface area (Å²) < 4.78 is 29.5. The fourth-order valence-electron chi connectivity index (χ4n) is 7.24. The van der Waals surface area contributed by atoms with Crippen molar-refractivity contribution >= 4 is 17.6 Å². The highest BCUT2D eigenvalue weighted by atomic mass is 16.7. The van der Waals surface area contributed by atoms with Crippen LogP contribution in [0.1, 0.15) is 57.1 Å². The van der Waals surface area contributed by atoms with Gasteiger partial charge in [0.25, 0.3) is 0 Å². The van der Waals surface area contributed by atoms with E-state index in [1.54, 1.807) is 7.11 Å². The number of ether oxygens (including phenoxy) is 5. The van der Waals surface area contributed by atoms with E-state index in [1.165, 1.54) is 0 Å². The predicted octanol–water partition coefficient (Wildman–Crippen LogP) is 4.72. The zero-order chi connectivity index (χ0) is 33.9. The molecule has 258 valence electrons. The number of methoxy groups -OCH3 is 1. The molecule has 2 fully saturated rings. The van der Waals surface area contributed by atoms with E-state index in [0.29, 0.717) is 50.0 Å². The molecule has 2 aromatic rings. The molecule has 3 atom stereocenters. The molecular weight excluding hydrogens is 602 g/mol. The molecular formula is C36H52N3O8+. The number of rotatable bonds is 14. The summed E-state index contributed by atoms with van der Waals surface area (Å²) >= 11 is 0. The number of likely N-dealkylation sites (tertiary alicyclic amines) is 1. The highest BCUT2D eigenvalue weighted by Gasteiger charge is 2.51. The van der Waals surface area contributed by atoms with Crippen molar-refractivity contribution in [3.05, 3.63) is 47.5 Å². The Kier molecular flexibility index (Phi) is 10.7. The van der Waals surface area contributed by atoms with Crippen molar-refractivity contribution in [1.29, 1.82) is 0 Å². The second kappa shape index (κ2) is 14.4. The third-order valence-electron chi connectivity index (χ3n) is 9.39. The van der Waals surface area contributed by atoms with Crippen molar-refractivity contribution in [2.45, 2.75) is 64.8 Å². The lowest BCUT2D eigenvalue weighted by Crippen LogP contribution is -2.47. The van der Waals surface area contributed by atoms with E-state index >= 15 is 0 Å². The summed E-state index contributed by atoms with van der Waals surface area (Å²) in [6, 6.07) is 11.5. The Labute approximate surface area is 278 Å². The molecule has 5 rings (SSSR count). The molecule has 0 saturated carbocycles. The molecule has 11 nitrogen and oxygen atoms in total. The first-order chi connectivity index (χ1) is 22.3. The minimum absolute atomic E-state index is 0.0509. The van der Waals surface area contributed by atoms with E-state index in [9.17, 15) is 14.7 Å². The summed E-state index contributed by atoms with van der Waals surface area (Å²) in [5, 5.41) is 10.8. The Morgan fingerprint density at radius 1 is 1.11 bits per heavy atom. The quantitative estimate of drug-likeness (QED) is 0.290. The van der Waals surface area contributed by atoms with Crippen LogP contribution in [0.3, 0.4) is 0 Å². The number of carboxylic acid groups (broad SMARTS) is 1. The van der Waals surface area contributed by atoms with Gasteiger partial charge in [-0.2, -0.15) is 0 Å². The molecule has 2 aromatic carbocycles. The zero-order valence-corrected chi connectivity index (χ0v) is 29.0. The fourth-order valence-corrected chi connectivity index (χ4v) is 7.24. The van der Waals surface area contributed by atoms with E-state index in [1.807, 2.05) is 43.0 Å². The van der Waals surface area contributed by atoms with Gasteiger partial charge in [-0.1, -0.05) is 39.3 Å². The Morgan fingerprint density at radius 3 is 2.51 bits per heavy atom. The third kappa shape index (κ3) is 8.02. The number of hydrogen-bond acceptors (Lipinski definition) is 8. The van der Waals surface area contributed by atoms with Crippen molar-refractivity contribution in [2.24, 2.45) is 11.3 Å². The van der Waals surface area contributed by atoms with Crippen LogP contribution in [0.15, 0.2) is 36.4 Å². The van der Waals surface area contributed by atoms with Crippen LogP contribution >= 0.6 is 0 Å². The van der Waals surface area contributed by atoms with Crippen molar-refractivity contribution in [3.8, 4) is 17.2 Å². The molecule has 0 unspecified atom stereocenters. The summed E-state index contributed by atoms with van der Waals surface area (Å²) in [6.45, 7) is 9.16. The number of unbranched alkanes of at least 4 members (excludes halogenated alkanes) is 1. The number of carboxylic acids is 1. The van der Waals surface area contributed by atoms with Gasteiger partial charge in [-0.05, 0) is 42.7 Å². The smallest absolute Gasteiger partial charge is 0.308 e. The molecule has 0 aliphatic carbocycles. The molecule has 3 heterocycles. The first-order valence-corrected chi connectivity index (χ1v) is 16.7. The molecule has 1 N–H and O–H groups in total. The molecule has 3 aliphatic rings. The van der Waals surface area contributed by atoms with Crippen LogP contribution in [0.25, 0.3) is 0 Å². The molecule has 2 saturated heterocycles. The van der Waals surface area contributed by atoms with Gasteiger partial charge in [-0.3, -0.25) is 14.5 Å². The lowest BCUT2D eigenvalue weighted by atomic mass is 9.77. The number of aliphatic carboxylic acids is 1. The van der Waals surface area contributed by atoms with Crippen molar-refractivity contribution in [2.75, 3.05) is 72.8 Å². The van der Waals surface area contributed by atoms with Gasteiger partial charge in [-0.15, -0.1) is 0 Å². The number of carbonyl (C=O) groups excluding carboxylic acids is 1. The number of quaternary nitrogens is 1. The molecule has 3 aliphatic heterocycles. The van der Waals surface area contributed by atoms with E-state index in [4.69, 9.17) is 23.7 Å². The third-order valence-corrected chi connectivity index (χ3v) is 9.39. The summed E-state index contributed by atoms with van der Waals surface area (Å²) in [5.74, 6) is -0.644. The maximum Gasteiger partial charge on any atom is 0.308 e. The predicted molar refractivity (Wildman–Crippen MR) is 178 cm³/mol. The van der Waals surface area contributed by atoms with Gasteiger partial charge in [-0.25, -0.2) is 0 Å². The molecule has 11 heteroatoms. The number of carbonyl (C=O) groups is 2. The summed E-state index contributed by atoms with van der Waals surface area (Å²) in [7, 11) is 8.00. The topological polar surface area (TPSA) is 107 Å². The lowest BCUT2D eigenvalue weighted by molar-refractivity contribution is -0.884. The Balaban J connectivity index is 1.49. The van der Waals surface area contributed by atoms with Gasteiger partial charge in [0.05, 0.1) is 53.9 Å². The Bertz CT molecular complexity index is 1420. The molecule has 0 spiro atoms. The standard InChI is InChI=1S/C36H51N3O8/c1-8-9-13-38(26-12-10-11-24(16-26)22-39(4,5)6)31(40)21-37-20-27(25-17-29(43-7)33-30(18-25)46-23-47-33)32(34(41)42)28(37)19-36(2,3)35-44-14-15-45-35/h10-12,16-18,27-28,32,35H,8-9,13-15,19-23H2,1-7H3/p+1/t27-,28+,32-/m1/s1. The first kappa shape index (κ1) is 34.9. The van der Waals surface area contributed by atoms with Crippen LogP contribution in [0.5, 0.6) is 17.2 Å². The number of benzene rings is 2. The number of amides is 1. The second-order valence-electron chi connectivity index (χ2n) is 14.7. The summed E-state index contributed by atoms with van der Waals surface area (Å²) in [4.78, 5) is 31.5. The maximum atomic E-state index is 14.4. The van der Waals surface area contributed by atoms with Crippen molar-refractivity contribution in [1.82, 2.24) is 4.90 Å². The van der Waals surface area contributed by atoms with Gasteiger partial charge >= 0.3 is 5.97 Å². The minimum atomic E-state index is -0.911. The van der Waals surface area contributed by atoms with E-state index in [-0.39, 0.29) is 19.2 Å². The van der Waals surface area contributed by atoms with Crippen LogP contribution in [0, 0.1) is 11.3 Å². The number of fused-ring (bicyclic) bond motifs is 1. The first-order valence-electron chi connectivity index (χ1n) is 16.7. The Morgan fingerprint density at radius 2 is 1.85 bits per heavy atom. The monoisotopic (exact) mass is 654 g/mol. The number of anilines is 1. The van der Waals surface area contributed by atoms with Crippen LogP contribution in [-0.4, -0.2) is 107 Å². The van der Waals surface area contributed by atoms with Crippen LogP contribution in [0.2, 0.25) is 0 Å². The molecule has 0 radical (unpaired) electrons. The number of hydrogen-bond donors (Lipinski definition) is 1. The molecule has 0 bridgehead atoms. The van der Waals surface area contributed by atoms with Gasteiger partial charge in [0.15, 0.2) is 17.8 Å². The van der Waals surface area contributed by atoms with E-state index < -0.39 is 35.6 Å². The largest absolute Gasteiger partial charge is 0.493 e. The normalized spacial score (nSPS) is 21.7. The molecule has 47 heavy (non-hydrogen) atoms. The van der Waals surface area contributed by atoms with Gasteiger partial charge < -0.3 is 38.2 Å². The zero-order valence-electron chi connectivity index (χ0n) is 29.0. The maximum absolute atomic E-state index is 14.4. The van der Waals surface area contributed by atoms with E-state index in [2.05, 4.69) is 45.1 Å². The fraction of sp³-hybridized carbons (Fsp3) is 0.611. The van der Waals surface area contributed by atoms with Crippen LogP contribution < -0.4 is 19.1 Å².